The lowest BCUT2D eigenvalue weighted by molar-refractivity contribution is -0.122. The molecular formula is C11H18O2. The van der Waals surface area contributed by atoms with Crippen LogP contribution in [0.3, 0.4) is 0 Å². The van der Waals surface area contributed by atoms with Crippen molar-refractivity contribution in [2.24, 2.45) is 5.92 Å². The van der Waals surface area contributed by atoms with Gasteiger partial charge in [-0.05, 0) is 6.42 Å². The Kier molecular flexibility index (Phi) is 4.13. The van der Waals surface area contributed by atoms with Gasteiger partial charge in [-0.1, -0.05) is 32.6 Å². The first-order valence-electron chi connectivity index (χ1n) is 5.28. The van der Waals surface area contributed by atoms with Gasteiger partial charge < -0.3 is 0 Å². The quantitative estimate of drug-likeness (QED) is 0.483. The Balaban J connectivity index is 2.14. The van der Waals surface area contributed by atoms with Gasteiger partial charge in [0.1, 0.15) is 11.6 Å². The Morgan fingerprint density at radius 3 is 2.54 bits per heavy atom. The molecule has 0 unspecified atom stereocenters. The van der Waals surface area contributed by atoms with Crippen molar-refractivity contribution in [3.05, 3.63) is 0 Å². The SMILES string of the molecule is CCCCCC[C@@H]1CC(=O)CC1=O. The summed E-state index contributed by atoms with van der Waals surface area (Å²) in [5, 5.41) is 0. The summed E-state index contributed by atoms with van der Waals surface area (Å²) in [5.41, 5.74) is 0. The first-order valence-corrected chi connectivity index (χ1v) is 5.28. The maximum atomic E-state index is 11.2. The highest BCUT2D eigenvalue weighted by atomic mass is 16.2. The van der Waals surface area contributed by atoms with Crippen LogP contribution < -0.4 is 0 Å². The topological polar surface area (TPSA) is 34.1 Å². The van der Waals surface area contributed by atoms with Gasteiger partial charge in [0.05, 0.1) is 6.42 Å². The fourth-order valence-corrected chi connectivity index (χ4v) is 1.88. The predicted octanol–water partition coefficient (Wildman–Crippen LogP) is 2.51. The van der Waals surface area contributed by atoms with Crippen LogP contribution >= 0.6 is 0 Å². The van der Waals surface area contributed by atoms with E-state index in [4.69, 9.17) is 0 Å². The minimum Gasteiger partial charge on any atom is -0.299 e. The molecule has 1 rings (SSSR count). The van der Waals surface area contributed by atoms with Gasteiger partial charge in [0.2, 0.25) is 0 Å². The standard InChI is InChI=1S/C11H18O2/c1-2-3-4-5-6-9-7-10(12)8-11(9)13/h9H,2-8H2,1H3/t9-/m1/s1. The van der Waals surface area contributed by atoms with E-state index in [1.54, 1.807) is 0 Å². The van der Waals surface area contributed by atoms with Crippen LogP contribution in [-0.4, -0.2) is 11.6 Å². The number of Topliss-reactive ketones (excluding diaryl/α,β-unsaturated/α-hetero) is 2. The van der Waals surface area contributed by atoms with Crippen molar-refractivity contribution in [2.45, 2.75) is 51.9 Å². The summed E-state index contributed by atoms with van der Waals surface area (Å²) in [7, 11) is 0. The minimum atomic E-state index is 0.0735. The third-order valence-corrected chi connectivity index (χ3v) is 2.71. The molecule has 74 valence electrons. The molecule has 0 aliphatic heterocycles. The molecule has 2 heteroatoms. The summed E-state index contributed by atoms with van der Waals surface area (Å²) in [6.07, 6.45) is 6.44. The normalized spacial score (nSPS) is 22.7. The second kappa shape index (κ2) is 5.15. The Morgan fingerprint density at radius 1 is 1.23 bits per heavy atom. The Bertz CT molecular complexity index is 196. The van der Waals surface area contributed by atoms with E-state index >= 15 is 0 Å². The first-order chi connectivity index (χ1) is 6.24. The van der Waals surface area contributed by atoms with Crippen LogP contribution in [0.5, 0.6) is 0 Å². The van der Waals surface area contributed by atoms with E-state index in [-0.39, 0.29) is 23.9 Å². The number of ketones is 2. The van der Waals surface area contributed by atoms with E-state index in [1.165, 1.54) is 19.3 Å². The number of unbranched alkanes of at least 4 members (excludes halogenated alkanes) is 3. The van der Waals surface area contributed by atoms with Crippen LogP contribution in [0.25, 0.3) is 0 Å². The van der Waals surface area contributed by atoms with Crippen molar-refractivity contribution in [3.63, 3.8) is 0 Å². The second-order valence-corrected chi connectivity index (χ2v) is 3.93. The molecule has 0 saturated heterocycles. The average molecular weight is 182 g/mol. The fourth-order valence-electron chi connectivity index (χ4n) is 1.88. The van der Waals surface area contributed by atoms with Crippen molar-refractivity contribution >= 4 is 11.6 Å². The highest BCUT2D eigenvalue weighted by Gasteiger charge is 2.29. The van der Waals surface area contributed by atoms with Gasteiger partial charge in [0.15, 0.2) is 0 Å². The number of carbonyl (C=O) groups excluding carboxylic acids is 2. The molecule has 0 heterocycles. The van der Waals surface area contributed by atoms with Crippen molar-refractivity contribution in [2.75, 3.05) is 0 Å². The Labute approximate surface area is 79.7 Å². The zero-order valence-corrected chi connectivity index (χ0v) is 8.34. The van der Waals surface area contributed by atoms with E-state index in [2.05, 4.69) is 6.92 Å². The van der Waals surface area contributed by atoms with E-state index < -0.39 is 0 Å². The monoisotopic (exact) mass is 182 g/mol. The number of rotatable bonds is 5. The van der Waals surface area contributed by atoms with Gasteiger partial charge in [-0.25, -0.2) is 0 Å². The summed E-state index contributed by atoms with van der Waals surface area (Å²) < 4.78 is 0. The van der Waals surface area contributed by atoms with E-state index in [9.17, 15) is 9.59 Å². The van der Waals surface area contributed by atoms with Crippen LogP contribution in [0.1, 0.15) is 51.9 Å². The molecule has 13 heavy (non-hydrogen) atoms. The largest absolute Gasteiger partial charge is 0.299 e. The molecule has 1 fully saturated rings. The molecule has 0 N–H and O–H groups in total. The molecule has 0 spiro atoms. The summed E-state index contributed by atoms with van der Waals surface area (Å²) in [6, 6.07) is 0. The number of hydrogen-bond acceptors (Lipinski definition) is 2. The summed E-state index contributed by atoms with van der Waals surface area (Å²) in [6.45, 7) is 2.17. The van der Waals surface area contributed by atoms with Crippen LogP contribution in [0.2, 0.25) is 0 Å². The lowest BCUT2D eigenvalue weighted by Crippen LogP contribution is -2.05. The molecule has 2 nitrogen and oxygen atoms in total. The first kappa shape index (κ1) is 10.4. The molecule has 0 aromatic carbocycles. The van der Waals surface area contributed by atoms with Crippen molar-refractivity contribution < 1.29 is 9.59 Å². The maximum Gasteiger partial charge on any atom is 0.143 e. The summed E-state index contributed by atoms with van der Waals surface area (Å²) in [4.78, 5) is 22.2. The molecule has 1 atom stereocenters. The van der Waals surface area contributed by atoms with Gasteiger partial charge in [0, 0.05) is 12.3 Å². The summed E-state index contributed by atoms with van der Waals surface area (Å²) in [5.74, 6) is 0.399. The molecule has 0 bridgehead atoms. The zero-order valence-electron chi connectivity index (χ0n) is 8.34. The van der Waals surface area contributed by atoms with Gasteiger partial charge in [0.25, 0.3) is 0 Å². The highest BCUT2D eigenvalue weighted by molar-refractivity contribution is 6.06. The van der Waals surface area contributed by atoms with Crippen molar-refractivity contribution in [1.82, 2.24) is 0 Å². The molecule has 0 amide bonds. The second-order valence-electron chi connectivity index (χ2n) is 3.93. The molecule has 1 aliphatic rings. The molecular weight excluding hydrogens is 164 g/mol. The van der Waals surface area contributed by atoms with E-state index in [0.717, 1.165) is 12.8 Å². The van der Waals surface area contributed by atoms with Crippen LogP contribution in [0.15, 0.2) is 0 Å². The highest BCUT2D eigenvalue weighted by Crippen LogP contribution is 2.23. The third-order valence-electron chi connectivity index (χ3n) is 2.71. The smallest absolute Gasteiger partial charge is 0.143 e. The van der Waals surface area contributed by atoms with Crippen LogP contribution in [0, 0.1) is 5.92 Å². The maximum absolute atomic E-state index is 11.2. The van der Waals surface area contributed by atoms with Gasteiger partial charge in [-0.15, -0.1) is 0 Å². The summed E-state index contributed by atoms with van der Waals surface area (Å²) >= 11 is 0. The van der Waals surface area contributed by atoms with E-state index in [0.29, 0.717) is 6.42 Å². The molecule has 0 radical (unpaired) electrons. The lowest BCUT2D eigenvalue weighted by atomic mass is 9.99. The van der Waals surface area contributed by atoms with Crippen LogP contribution in [-0.2, 0) is 9.59 Å². The van der Waals surface area contributed by atoms with Gasteiger partial charge >= 0.3 is 0 Å². The van der Waals surface area contributed by atoms with Crippen molar-refractivity contribution in [1.29, 1.82) is 0 Å². The van der Waals surface area contributed by atoms with Gasteiger partial charge in [-0.2, -0.15) is 0 Å². The fraction of sp³-hybridized carbons (Fsp3) is 0.818. The average Bonchev–Trinajstić information content (AvgIpc) is 2.39. The van der Waals surface area contributed by atoms with Gasteiger partial charge in [-0.3, -0.25) is 9.59 Å². The minimum absolute atomic E-state index is 0.0735. The van der Waals surface area contributed by atoms with Crippen molar-refractivity contribution in [3.8, 4) is 0 Å². The molecule has 1 saturated carbocycles. The zero-order chi connectivity index (χ0) is 9.68. The Morgan fingerprint density at radius 2 is 2.00 bits per heavy atom. The van der Waals surface area contributed by atoms with Crippen LogP contribution in [0.4, 0.5) is 0 Å². The molecule has 1 aliphatic carbocycles. The number of hydrogen-bond donors (Lipinski definition) is 0. The lowest BCUT2D eigenvalue weighted by Gasteiger charge is -2.05. The third kappa shape index (κ3) is 3.29. The molecule has 0 aromatic heterocycles. The van der Waals surface area contributed by atoms with E-state index in [1.807, 2.05) is 0 Å². The number of carbonyl (C=O) groups is 2. The predicted molar refractivity (Wildman–Crippen MR) is 51.5 cm³/mol. The Hall–Kier alpha value is -0.660. The molecule has 0 aromatic rings.